The third-order valence-electron chi connectivity index (χ3n) is 12.4. The SMILES string of the molecule is Cc1cccc([C@H](C)c2cnc[nH]2)c1C.Cc1cccc([C@H](C)c2cnc[nH]2)c1C.Cc1cccc([C@H](C)c2cnc[nH]2)c1C.Cc1cccc([C@H](C)c2cnc[nH]2)c1C. The molecule has 4 aromatic heterocycles. The van der Waals surface area contributed by atoms with Gasteiger partial charge in [-0.3, -0.25) is 0 Å². The maximum Gasteiger partial charge on any atom is 0.0921 e. The van der Waals surface area contributed by atoms with Crippen molar-refractivity contribution >= 4 is 0 Å². The summed E-state index contributed by atoms with van der Waals surface area (Å²) in [6.45, 7) is 26.1. The van der Waals surface area contributed by atoms with Crippen LogP contribution in [-0.2, 0) is 0 Å². The Labute approximate surface area is 357 Å². The predicted molar refractivity (Wildman–Crippen MR) is 248 cm³/mol. The first-order chi connectivity index (χ1) is 28.8. The second-order valence-corrected chi connectivity index (χ2v) is 16.1. The van der Waals surface area contributed by atoms with Crippen molar-refractivity contribution in [3.63, 3.8) is 0 Å². The number of rotatable bonds is 8. The van der Waals surface area contributed by atoms with E-state index in [-0.39, 0.29) is 0 Å². The third kappa shape index (κ3) is 11.1. The monoisotopic (exact) mass is 801 g/mol. The van der Waals surface area contributed by atoms with Crippen LogP contribution in [0.1, 0.15) is 141 Å². The maximum atomic E-state index is 4.07. The summed E-state index contributed by atoms with van der Waals surface area (Å²) >= 11 is 0. The first-order valence-electron chi connectivity index (χ1n) is 21.0. The average Bonchev–Trinajstić information content (AvgIpc) is 4.11. The van der Waals surface area contributed by atoms with E-state index in [4.69, 9.17) is 0 Å². The van der Waals surface area contributed by atoms with Crippen LogP contribution in [0.3, 0.4) is 0 Å². The average molecular weight is 801 g/mol. The molecule has 0 bridgehead atoms. The molecule has 0 unspecified atom stereocenters. The highest BCUT2D eigenvalue weighted by atomic mass is 14.9. The van der Waals surface area contributed by atoms with Gasteiger partial charge in [-0.1, -0.05) is 100 Å². The predicted octanol–water partition coefficient (Wildman–Crippen LogP) is 12.7. The molecule has 0 saturated heterocycles. The van der Waals surface area contributed by atoms with Gasteiger partial charge >= 0.3 is 0 Å². The minimum Gasteiger partial charge on any atom is -0.348 e. The number of hydrogen-bond acceptors (Lipinski definition) is 4. The molecular weight excluding hydrogens is 737 g/mol. The quantitative estimate of drug-likeness (QED) is 0.122. The van der Waals surface area contributed by atoms with Crippen molar-refractivity contribution < 1.29 is 0 Å². The number of imidazole rings is 4. The first kappa shape index (κ1) is 44.8. The molecule has 8 aromatic rings. The lowest BCUT2D eigenvalue weighted by molar-refractivity contribution is 0.871. The van der Waals surface area contributed by atoms with Gasteiger partial charge in [0.05, 0.1) is 25.3 Å². The Morgan fingerprint density at radius 3 is 0.683 bits per heavy atom. The number of hydrogen-bond donors (Lipinski definition) is 4. The van der Waals surface area contributed by atoms with Crippen LogP contribution in [0.2, 0.25) is 0 Å². The van der Waals surface area contributed by atoms with E-state index in [2.05, 4.69) is 196 Å². The van der Waals surface area contributed by atoms with Gasteiger partial charge in [0.2, 0.25) is 0 Å². The summed E-state index contributed by atoms with van der Waals surface area (Å²) in [4.78, 5) is 28.9. The molecule has 8 heteroatoms. The van der Waals surface area contributed by atoms with Gasteiger partial charge < -0.3 is 19.9 Å². The topological polar surface area (TPSA) is 115 Å². The van der Waals surface area contributed by atoms with Crippen molar-refractivity contribution in [2.24, 2.45) is 0 Å². The molecule has 4 aromatic carbocycles. The van der Waals surface area contributed by atoms with Crippen molar-refractivity contribution in [2.75, 3.05) is 0 Å². The van der Waals surface area contributed by atoms with Gasteiger partial charge in [-0.15, -0.1) is 0 Å². The lowest BCUT2D eigenvalue weighted by Crippen LogP contribution is -2.00. The molecule has 60 heavy (non-hydrogen) atoms. The molecule has 4 heterocycles. The summed E-state index contributed by atoms with van der Waals surface area (Å²) in [5.41, 5.74) is 21.1. The van der Waals surface area contributed by atoms with E-state index in [9.17, 15) is 0 Å². The molecule has 0 aliphatic carbocycles. The molecule has 0 fully saturated rings. The second kappa shape index (κ2) is 21.1. The molecule has 8 rings (SSSR count). The zero-order chi connectivity index (χ0) is 43.3. The summed E-state index contributed by atoms with van der Waals surface area (Å²) in [6.07, 6.45) is 14.5. The van der Waals surface area contributed by atoms with E-state index in [1.807, 2.05) is 24.8 Å². The molecule has 312 valence electrons. The van der Waals surface area contributed by atoms with E-state index in [1.165, 1.54) is 89.5 Å². The number of aromatic nitrogens is 8. The minimum absolute atomic E-state index is 0.382. The Hall–Kier alpha value is -6.28. The number of nitrogens with zero attached hydrogens (tertiary/aromatic N) is 4. The molecule has 0 aliphatic rings. The van der Waals surface area contributed by atoms with Gasteiger partial charge in [0.15, 0.2) is 0 Å². The highest BCUT2D eigenvalue weighted by Gasteiger charge is 2.15. The summed E-state index contributed by atoms with van der Waals surface area (Å²) in [5, 5.41) is 0. The Balaban J connectivity index is 0.000000152. The van der Waals surface area contributed by atoms with Gasteiger partial charge in [-0.2, -0.15) is 0 Å². The van der Waals surface area contributed by atoms with Gasteiger partial charge in [-0.05, 0) is 122 Å². The Bertz CT molecular complexity index is 2130. The Morgan fingerprint density at radius 1 is 0.317 bits per heavy atom. The molecule has 0 saturated carbocycles. The minimum atomic E-state index is 0.382. The van der Waals surface area contributed by atoms with Crippen LogP contribution in [-0.4, -0.2) is 39.9 Å². The maximum absolute atomic E-state index is 4.07. The van der Waals surface area contributed by atoms with Crippen molar-refractivity contribution in [1.29, 1.82) is 0 Å². The molecule has 0 radical (unpaired) electrons. The van der Waals surface area contributed by atoms with E-state index in [1.54, 1.807) is 25.3 Å². The highest BCUT2D eigenvalue weighted by molar-refractivity contribution is 5.41. The number of aryl methyl sites for hydroxylation is 4. The molecule has 0 amide bonds. The highest BCUT2D eigenvalue weighted by Crippen LogP contribution is 2.29. The van der Waals surface area contributed by atoms with Crippen LogP contribution in [0, 0.1) is 55.4 Å². The number of H-pyrrole nitrogens is 4. The molecule has 0 spiro atoms. The van der Waals surface area contributed by atoms with E-state index >= 15 is 0 Å². The van der Waals surface area contributed by atoms with Gasteiger partial charge in [0.25, 0.3) is 0 Å². The molecule has 8 nitrogen and oxygen atoms in total. The third-order valence-corrected chi connectivity index (χ3v) is 12.4. The van der Waals surface area contributed by atoms with Crippen LogP contribution in [0.15, 0.2) is 123 Å². The Kier molecular flexibility index (Phi) is 15.8. The fourth-order valence-electron chi connectivity index (χ4n) is 7.66. The number of aromatic amines is 4. The second-order valence-electron chi connectivity index (χ2n) is 16.1. The van der Waals surface area contributed by atoms with Crippen LogP contribution < -0.4 is 0 Å². The summed E-state index contributed by atoms with van der Waals surface area (Å²) in [7, 11) is 0. The van der Waals surface area contributed by atoms with Crippen molar-refractivity contribution in [1.82, 2.24) is 39.9 Å². The molecule has 0 aliphatic heterocycles. The zero-order valence-corrected chi connectivity index (χ0v) is 37.6. The van der Waals surface area contributed by atoms with Crippen LogP contribution in [0.25, 0.3) is 0 Å². The van der Waals surface area contributed by atoms with Crippen LogP contribution in [0.4, 0.5) is 0 Å². The number of nitrogens with one attached hydrogen (secondary N) is 4. The van der Waals surface area contributed by atoms with Gasteiger partial charge in [0, 0.05) is 71.2 Å². The summed E-state index contributed by atoms with van der Waals surface area (Å²) < 4.78 is 0. The lowest BCUT2D eigenvalue weighted by atomic mass is 9.92. The first-order valence-corrected chi connectivity index (χ1v) is 21.0. The smallest absolute Gasteiger partial charge is 0.0921 e. The van der Waals surface area contributed by atoms with Crippen molar-refractivity contribution in [2.45, 2.75) is 107 Å². The molecular formula is C52H64N8. The fraction of sp³-hybridized carbons (Fsp3) is 0.308. The fourth-order valence-corrected chi connectivity index (χ4v) is 7.66. The van der Waals surface area contributed by atoms with E-state index in [0.717, 1.165) is 0 Å². The van der Waals surface area contributed by atoms with Crippen LogP contribution in [0.5, 0.6) is 0 Å². The standard InChI is InChI=1S/4C13H16N2/c4*1-9-5-4-6-12(10(9)2)11(3)13-7-14-8-15-13/h4*4-8,11H,1-3H3,(H,14,15)/t4*11-/m0000/s1. The van der Waals surface area contributed by atoms with E-state index in [0.29, 0.717) is 23.7 Å². The van der Waals surface area contributed by atoms with E-state index < -0.39 is 0 Å². The molecule has 4 atom stereocenters. The van der Waals surface area contributed by atoms with Crippen molar-refractivity contribution in [3.8, 4) is 0 Å². The zero-order valence-electron chi connectivity index (χ0n) is 37.6. The van der Waals surface area contributed by atoms with Crippen molar-refractivity contribution in [3.05, 3.63) is 212 Å². The lowest BCUT2D eigenvalue weighted by Gasteiger charge is -2.14. The summed E-state index contributed by atoms with van der Waals surface area (Å²) in [6, 6.07) is 25.8. The largest absolute Gasteiger partial charge is 0.348 e. The van der Waals surface area contributed by atoms with Gasteiger partial charge in [0.1, 0.15) is 0 Å². The molecule has 4 N–H and O–H groups in total. The van der Waals surface area contributed by atoms with Gasteiger partial charge in [-0.25, -0.2) is 19.9 Å². The number of benzene rings is 4. The van der Waals surface area contributed by atoms with Crippen LogP contribution >= 0.6 is 0 Å². The Morgan fingerprint density at radius 2 is 0.517 bits per heavy atom. The normalized spacial score (nSPS) is 12.7. The summed E-state index contributed by atoms with van der Waals surface area (Å²) in [5.74, 6) is 1.53.